The quantitative estimate of drug-likeness (QED) is 0.898. The molecule has 2 nitrogen and oxygen atoms in total. The van der Waals surface area contributed by atoms with Crippen LogP contribution in [-0.2, 0) is 6.54 Å². The first-order valence-corrected chi connectivity index (χ1v) is 8.06. The van der Waals surface area contributed by atoms with Gasteiger partial charge in [0.05, 0.1) is 0 Å². The molecule has 1 N–H and O–H groups in total. The van der Waals surface area contributed by atoms with Crippen molar-refractivity contribution in [2.45, 2.75) is 32.4 Å². The molecule has 0 amide bonds. The van der Waals surface area contributed by atoms with E-state index in [1.165, 1.54) is 47.4 Å². The Morgan fingerprint density at radius 1 is 1.26 bits per heavy atom. The van der Waals surface area contributed by atoms with E-state index in [4.69, 9.17) is 0 Å². The van der Waals surface area contributed by atoms with Gasteiger partial charge in [-0.05, 0) is 50.4 Å². The minimum absolute atomic E-state index is 0.573. The Kier molecular flexibility index (Phi) is 4.16. The van der Waals surface area contributed by atoms with Crippen molar-refractivity contribution < 1.29 is 0 Å². The summed E-state index contributed by atoms with van der Waals surface area (Å²) >= 11 is 1.91. The Balaban J connectivity index is 1.53. The summed E-state index contributed by atoms with van der Waals surface area (Å²) in [5.41, 5.74) is 0. The van der Waals surface area contributed by atoms with E-state index in [2.05, 4.69) is 47.5 Å². The van der Waals surface area contributed by atoms with E-state index in [0.717, 1.165) is 6.54 Å². The van der Waals surface area contributed by atoms with Crippen LogP contribution in [0.25, 0.3) is 10.1 Å². The van der Waals surface area contributed by atoms with E-state index in [-0.39, 0.29) is 0 Å². The zero-order valence-corrected chi connectivity index (χ0v) is 12.4. The van der Waals surface area contributed by atoms with Crippen LogP contribution in [-0.4, -0.2) is 30.6 Å². The number of fused-ring (bicyclic) bond motifs is 1. The molecule has 1 unspecified atom stereocenters. The number of nitrogens with one attached hydrogen (secondary N) is 1. The number of hydrogen-bond acceptors (Lipinski definition) is 3. The maximum atomic E-state index is 3.66. The molecule has 19 heavy (non-hydrogen) atoms. The third kappa shape index (κ3) is 3.35. The predicted octanol–water partition coefficient (Wildman–Crippen LogP) is 3.48. The molecule has 0 bridgehead atoms. The standard InChI is InChI=1S/C16H22N2S/c1-13(12-18-8-4-5-9-18)17-11-15-10-14-6-2-3-7-16(14)19-15/h2-3,6-7,10,13,17H,4-5,8-9,11-12H2,1H3. The number of benzene rings is 1. The molecule has 1 saturated heterocycles. The van der Waals surface area contributed by atoms with Crippen LogP contribution in [0.1, 0.15) is 24.6 Å². The molecule has 1 aromatic carbocycles. The second-order valence-electron chi connectivity index (χ2n) is 5.54. The minimum Gasteiger partial charge on any atom is -0.308 e. The van der Waals surface area contributed by atoms with Crippen molar-refractivity contribution in [2.75, 3.05) is 19.6 Å². The molecule has 1 atom stereocenters. The average molecular weight is 274 g/mol. The van der Waals surface area contributed by atoms with Gasteiger partial charge in [0.15, 0.2) is 0 Å². The van der Waals surface area contributed by atoms with Gasteiger partial charge in [-0.25, -0.2) is 0 Å². The highest BCUT2D eigenvalue weighted by atomic mass is 32.1. The summed E-state index contributed by atoms with van der Waals surface area (Å²) in [5, 5.41) is 5.03. The van der Waals surface area contributed by atoms with Gasteiger partial charge in [-0.1, -0.05) is 18.2 Å². The van der Waals surface area contributed by atoms with Gasteiger partial charge in [0.1, 0.15) is 0 Å². The van der Waals surface area contributed by atoms with Gasteiger partial charge in [0.2, 0.25) is 0 Å². The number of likely N-dealkylation sites (tertiary alicyclic amines) is 1. The molecular formula is C16H22N2S. The number of nitrogens with zero attached hydrogens (tertiary/aromatic N) is 1. The first kappa shape index (κ1) is 13.1. The predicted molar refractivity (Wildman–Crippen MR) is 83.8 cm³/mol. The highest BCUT2D eigenvalue weighted by Crippen LogP contribution is 2.25. The SMILES string of the molecule is CC(CN1CCCC1)NCc1cc2ccccc2s1. The van der Waals surface area contributed by atoms with Crippen molar-refractivity contribution in [1.29, 1.82) is 0 Å². The number of thiophene rings is 1. The molecule has 1 aromatic heterocycles. The molecule has 3 heteroatoms. The lowest BCUT2D eigenvalue weighted by atomic mass is 10.2. The average Bonchev–Trinajstić information content (AvgIpc) is 3.04. The molecule has 1 aliphatic heterocycles. The van der Waals surface area contributed by atoms with Gasteiger partial charge >= 0.3 is 0 Å². The fourth-order valence-electron chi connectivity index (χ4n) is 2.82. The second-order valence-corrected chi connectivity index (χ2v) is 6.71. The summed E-state index contributed by atoms with van der Waals surface area (Å²) in [5.74, 6) is 0. The maximum absolute atomic E-state index is 3.66. The van der Waals surface area contributed by atoms with E-state index in [9.17, 15) is 0 Å². The van der Waals surface area contributed by atoms with E-state index >= 15 is 0 Å². The van der Waals surface area contributed by atoms with Crippen LogP contribution < -0.4 is 5.32 Å². The summed E-state index contributed by atoms with van der Waals surface area (Å²) in [7, 11) is 0. The Hall–Kier alpha value is -0.900. The molecule has 102 valence electrons. The molecule has 0 spiro atoms. The van der Waals surface area contributed by atoms with E-state index in [0.29, 0.717) is 6.04 Å². The van der Waals surface area contributed by atoms with Gasteiger partial charge in [-0.3, -0.25) is 0 Å². The largest absolute Gasteiger partial charge is 0.308 e. The lowest BCUT2D eigenvalue weighted by molar-refractivity contribution is 0.298. The first-order valence-electron chi connectivity index (χ1n) is 7.24. The number of hydrogen-bond donors (Lipinski definition) is 1. The van der Waals surface area contributed by atoms with E-state index < -0.39 is 0 Å². The molecular weight excluding hydrogens is 252 g/mol. The Bertz CT molecular complexity index is 495. The third-order valence-corrected chi connectivity index (χ3v) is 4.95. The molecule has 0 radical (unpaired) electrons. The van der Waals surface area contributed by atoms with Crippen LogP contribution in [0.15, 0.2) is 30.3 Å². The molecule has 1 fully saturated rings. The van der Waals surface area contributed by atoms with E-state index in [1.807, 2.05) is 11.3 Å². The Morgan fingerprint density at radius 3 is 2.84 bits per heavy atom. The van der Waals surface area contributed by atoms with Crippen molar-refractivity contribution in [2.24, 2.45) is 0 Å². The van der Waals surface area contributed by atoms with Gasteiger partial charge in [-0.15, -0.1) is 11.3 Å². The Labute approximate surface area is 119 Å². The molecule has 0 aliphatic carbocycles. The maximum Gasteiger partial charge on any atom is 0.0346 e. The fraction of sp³-hybridized carbons (Fsp3) is 0.500. The molecule has 1 aliphatic rings. The summed E-state index contributed by atoms with van der Waals surface area (Å²) in [6, 6.07) is 11.5. The van der Waals surface area contributed by atoms with Crippen molar-refractivity contribution >= 4 is 21.4 Å². The lowest BCUT2D eigenvalue weighted by Gasteiger charge is -2.20. The van der Waals surface area contributed by atoms with Gasteiger partial charge in [-0.2, -0.15) is 0 Å². The molecule has 0 saturated carbocycles. The zero-order valence-electron chi connectivity index (χ0n) is 11.6. The van der Waals surface area contributed by atoms with Crippen LogP contribution in [0.4, 0.5) is 0 Å². The fourth-order valence-corrected chi connectivity index (χ4v) is 3.83. The van der Waals surface area contributed by atoms with Crippen molar-refractivity contribution in [3.05, 3.63) is 35.2 Å². The van der Waals surface area contributed by atoms with Gasteiger partial charge in [0.25, 0.3) is 0 Å². The third-order valence-electron chi connectivity index (χ3n) is 3.83. The summed E-state index contributed by atoms with van der Waals surface area (Å²) < 4.78 is 1.39. The molecule has 2 aromatic rings. The van der Waals surface area contributed by atoms with Crippen LogP contribution >= 0.6 is 11.3 Å². The lowest BCUT2D eigenvalue weighted by Crippen LogP contribution is -2.37. The van der Waals surface area contributed by atoms with Crippen molar-refractivity contribution in [3.8, 4) is 0 Å². The minimum atomic E-state index is 0.573. The summed E-state index contributed by atoms with van der Waals surface area (Å²) in [4.78, 5) is 4.01. The molecule has 2 heterocycles. The highest BCUT2D eigenvalue weighted by molar-refractivity contribution is 7.19. The smallest absolute Gasteiger partial charge is 0.0346 e. The van der Waals surface area contributed by atoms with Crippen LogP contribution in [0.3, 0.4) is 0 Å². The highest BCUT2D eigenvalue weighted by Gasteiger charge is 2.14. The zero-order chi connectivity index (χ0) is 13.1. The summed E-state index contributed by atoms with van der Waals surface area (Å²) in [6.45, 7) is 7.05. The number of rotatable bonds is 5. The van der Waals surface area contributed by atoms with Crippen LogP contribution in [0.2, 0.25) is 0 Å². The first-order chi connectivity index (χ1) is 9.31. The molecule has 3 rings (SSSR count). The van der Waals surface area contributed by atoms with Crippen LogP contribution in [0.5, 0.6) is 0 Å². The van der Waals surface area contributed by atoms with Gasteiger partial charge < -0.3 is 10.2 Å². The topological polar surface area (TPSA) is 15.3 Å². The van der Waals surface area contributed by atoms with Crippen molar-refractivity contribution in [1.82, 2.24) is 10.2 Å². The monoisotopic (exact) mass is 274 g/mol. The van der Waals surface area contributed by atoms with Gasteiger partial charge in [0, 0.05) is 28.7 Å². The summed E-state index contributed by atoms with van der Waals surface area (Å²) in [6.07, 6.45) is 2.76. The second kappa shape index (κ2) is 6.04. The van der Waals surface area contributed by atoms with Crippen molar-refractivity contribution in [3.63, 3.8) is 0 Å². The Morgan fingerprint density at radius 2 is 2.05 bits per heavy atom. The normalized spacial score (nSPS) is 18.2. The van der Waals surface area contributed by atoms with Crippen LogP contribution in [0, 0.1) is 0 Å². The van der Waals surface area contributed by atoms with E-state index in [1.54, 1.807) is 0 Å².